The molecule has 1 unspecified atom stereocenters. The van der Waals surface area contributed by atoms with Crippen molar-refractivity contribution < 1.29 is 0 Å². The molecule has 1 atom stereocenters. The van der Waals surface area contributed by atoms with Crippen molar-refractivity contribution in [3.05, 3.63) is 69.7 Å². The van der Waals surface area contributed by atoms with Crippen molar-refractivity contribution in [3.8, 4) is 6.07 Å². The summed E-state index contributed by atoms with van der Waals surface area (Å²) < 4.78 is 0. The Balaban J connectivity index is 2.14. The van der Waals surface area contributed by atoms with Gasteiger partial charge in [-0.15, -0.1) is 0 Å². The second-order valence-electron chi connectivity index (χ2n) is 5.40. The van der Waals surface area contributed by atoms with E-state index in [9.17, 15) is 0 Å². The predicted octanol–water partition coefficient (Wildman–Crippen LogP) is 4.71. The van der Waals surface area contributed by atoms with E-state index in [0.29, 0.717) is 5.56 Å². The molecule has 0 N–H and O–H groups in total. The van der Waals surface area contributed by atoms with Gasteiger partial charge in [0.05, 0.1) is 11.6 Å². The predicted molar refractivity (Wildman–Crippen MR) is 87.2 cm³/mol. The minimum absolute atomic E-state index is 0.277. The van der Waals surface area contributed by atoms with Gasteiger partial charge in [-0.1, -0.05) is 29.8 Å². The van der Waals surface area contributed by atoms with Crippen molar-refractivity contribution in [2.45, 2.75) is 26.4 Å². The number of hydrogen-bond donors (Lipinski definition) is 0. The minimum Gasteiger partial charge on any atom is -0.295 e. The van der Waals surface area contributed by atoms with Crippen molar-refractivity contribution in [1.82, 2.24) is 4.90 Å². The van der Waals surface area contributed by atoms with Crippen LogP contribution in [0.1, 0.15) is 35.2 Å². The third-order valence-electron chi connectivity index (χ3n) is 3.88. The second-order valence-corrected chi connectivity index (χ2v) is 5.84. The Morgan fingerprint density at radius 3 is 2.62 bits per heavy atom. The lowest BCUT2D eigenvalue weighted by Gasteiger charge is -2.26. The van der Waals surface area contributed by atoms with E-state index in [-0.39, 0.29) is 6.04 Å². The molecule has 2 aromatic carbocycles. The van der Waals surface area contributed by atoms with Crippen LogP contribution in [0.3, 0.4) is 0 Å². The molecule has 2 aromatic rings. The van der Waals surface area contributed by atoms with E-state index in [1.54, 1.807) is 0 Å². The van der Waals surface area contributed by atoms with Crippen LogP contribution in [0.5, 0.6) is 0 Å². The first-order chi connectivity index (χ1) is 10.0. The number of hydrogen-bond acceptors (Lipinski definition) is 2. The fourth-order valence-electron chi connectivity index (χ4n) is 2.37. The zero-order valence-corrected chi connectivity index (χ0v) is 13.4. The van der Waals surface area contributed by atoms with Crippen LogP contribution in [0.15, 0.2) is 42.5 Å². The zero-order valence-electron chi connectivity index (χ0n) is 12.6. The van der Waals surface area contributed by atoms with Gasteiger partial charge in [0.2, 0.25) is 0 Å². The van der Waals surface area contributed by atoms with Crippen LogP contribution in [-0.2, 0) is 6.54 Å². The van der Waals surface area contributed by atoms with Crippen LogP contribution in [-0.4, -0.2) is 11.9 Å². The van der Waals surface area contributed by atoms with Gasteiger partial charge in [-0.05, 0) is 61.9 Å². The lowest BCUT2D eigenvalue weighted by molar-refractivity contribution is 0.252. The Morgan fingerprint density at radius 2 is 2.00 bits per heavy atom. The molecule has 0 fully saturated rings. The maximum atomic E-state index is 8.92. The van der Waals surface area contributed by atoms with Gasteiger partial charge in [0.15, 0.2) is 0 Å². The highest BCUT2D eigenvalue weighted by atomic mass is 35.5. The number of halogens is 1. The Labute approximate surface area is 131 Å². The van der Waals surface area contributed by atoms with Crippen molar-refractivity contribution in [2.24, 2.45) is 0 Å². The number of aryl methyl sites for hydroxylation is 1. The highest BCUT2D eigenvalue weighted by Crippen LogP contribution is 2.24. The minimum atomic E-state index is 0.277. The largest absolute Gasteiger partial charge is 0.295 e. The standard InChI is InChI=1S/C18H19ClN2/c1-13-9-15(11-20)7-8-17(13)12-21(3)14(2)16-5-4-6-18(19)10-16/h4-10,14H,12H2,1-3H3. The first-order valence-electron chi connectivity index (χ1n) is 6.96. The maximum Gasteiger partial charge on any atom is 0.0991 e. The van der Waals surface area contributed by atoms with E-state index >= 15 is 0 Å². The Kier molecular flexibility index (Phi) is 5.01. The van der Waals surface area contributed by atoms with E-state index in [1.807, 2.05) is 43.3 Å². The number of nitriles is 1. The van der Waals surface area contributed by atoms with Crippen molar-refractivity contribution in [3.63, 3.8) is 0 Å². The van der Waals surface area contributed by atoms with Gasteiger partial charge in [-0.25, -0.2) is 0 Å². The number of nitrogens with zero attached hydrogens (tertiary/aromatic N) is 2. The third-order valence-corrected chi connectivity index (χ3v) is 4.12. The van der Waals surface area contributed by atoms with Crippen molar-refractivity contribution in [2.75, 3.05) is 7.05 Å². The molecule has 0 aliphatic rings. The summed E-state index contributed by atoms with van der Waals surface area (Å²) in [6, 6.07) is 16.3. The SMILES string of the molecule is Cc1cc(C#N)ccc1CN(C)C(C)c1cccc(Cl)c1. The van der Waals surface area contributed by atoms with E-state index in [1.165, 1.54) is 11.1 Å². The van der Waals surface area contributed by atoms with Gasteiger partial charge in [-0.3, -0.25) is 4.90 Å². The fourth-order valence-corrected chi connectivity index (χ4v) is 2.57. The van der Waals surface area contributed by atoms with E-state index in [0.717, 1.165) is 17.1 Å². The average molecular weight is 299 g/mol. The molecular weight excluding hydrogens is 280 g/mol. The maximum absolute atomic E-state index is 8.92. The summed E-state index contributed by atoms with van der Waals surface area (Å²) >= 11 is 6.06. The van der Waals surface area contributed by atoms with Crippen LogP contribution in [0, 0.1) is 18.3 Å². The molecule has 2 rings (SSSR count). The van der Waals surface area contributed by atoms with Crippen LogP contribution in [0.4, 0.5) is 0 Å². The van der Waals surface area contributed by atoms with E-state index in [2.05, 4.69) is 31.0 Å². The number of benzene rings is 2. The summed E-state index contributed by atoms with van der Waals surface area (Å²) in [6.07, 6.45) is 0. The van der Waals surface area contributed by atoms with Gasteiger partial charge in [-0.2, -0.15) is 5.26 Å². The van der Waals surface area contributed by atoms with Crippen molar-refractivity contribution >= 4 is 11.6 Å². The average Bonchev–Trinajstić information content (AvgIpc) is 2.48. The summed E-state index contributed by atoms with van der Waals surface area (Å²) in [5, 5.41) is 9.69. The molecule has 0 radical (unpaired) electrons. The fraction of sp³-hybridized carbons (Fsp3) is 0.278. The van der Waals surface area contributed by atoms with Crippen molar-refractivity contribution in [1.29, 1.82) is 5.26 Å². The third kappa shape index (κ3) is 3.85. The molecule has 0 aliphatic carbocycles. The second kappa shape index (κ2) is 6.76. The van der Waals surface area contributed by atoms with E-state index < -0.39 is 0 Å². The van der Waals surface area contributed by atoms with Gasteiger partial charge in [0, 0.05) is 17.6 Å². The molecule has 2 nitrogen and oxygen atoms in total. The zero-order chi connectivity index (χ0) is 15.4. The Bertz CT molecular complexity index is 673. The molecule has 0 amide bonds. The van der Waals surface area contributed by atoms with Gasteiger partial charge >= 0.3 is 0 Å². The van der Waals surface area contributed by atoms with E-state index in [4.69, 9.17) is 16.9 Å². The first kappa shape index (κ1) is 15.6. The lowest BCUT2D eigenvalue weighted by atomic mass is 10.0. The molecule has 0 saturated heterocycles. The first-order valence-corrected chi connectivity index (χ1v) is 7.34. The van der Waals surface area contributed by atoms with Crippen LogP contribution < -0.4 is 0 Å². The number of rotatable bonds is 4. The van der Waals surface area contributed by atoms with Crippen LogP contribution in [0.25, 0.3) is 0 Å². The van der Waals surface area contributed by atoms with Gasteiger partial charge in [0.25, 0.3) is 0 Å². The topological polar surface area (TPSA) is 27.0 Å². The molecule has 0 saturated carbocycles. The van der Waals surface area contributed by atoms with Gasteiger partial charge in [0.1, 0.15) is 0 Å². The summed E-state index contributed by atoms with van der Waals surface area (Å²) in [6.45, 7) is 5.06. The molecule has 0 aromatic heterocycles. The normalized spacial score (nSPS) is 12.2. The highest BCUT2D eigenvalue weighted by molar-refractivity contribution is 6.30. The quantitative estimate of drug-likeness (QED) is 0.817. The summed E-state index contributed by atoms with van der Waals surface area (Å²) in [5.74, 6) is 0. The smallest absolute Gasteiger partial charge is 0.0991 e. The Hall–Kier alpha value is -1.82. The molecule has 0 spiro atoms. The molecule has 0 bridgehead atoms. The summed E-state index contributed by atoms with van der Waals surface area (Å²) in [5.41, 5.74) is 4.31. The lowest BCUT2D eigenvalue weighted by Crippen LogP contribution is -2.22. The monoisotopic (exact) mass is 298 g/mol. The summed E-state index contributed by atoms with van der Waals surface area (Å²) in [4.78, 5) is 2.28. The summed E-state index contributed by atoms with van der Waals surface area (Å²) in [7, 11) is 2.10. The van der Waals surface area contributed by atoms with Gasteiger partial charge < -0.3 is 0 Å². The molecular formula is C18H19ClN2. The molecule has 3 heteroatoms. The van der Waals surface area contributed by atoms with Crippen LogP contribution >= 0.6 is 11.6 Å². The van der Waals surface area contributed by atoms with Crippen LogP contribution in [0.2, 0.25) is 5.02 Å². The highest BCUT2D eigenvalue weighted by Gasteiger charge is 2.13. The molecule has 21 heavy (non-hydrogen) atoms. The molecule has 0 aliphatic heterocycles. The molecule has 108 valence electrons. The Morgan fingerprint density at radius 1 is 1.24 bits per heavy atom. The molecule has 0 heterocycles.